The van der Waals surface area contributed by atoms with Gasteiger partial charge in [-0.25, -0.2) is 0 Å². The molecule has 3 saturated carbocycles. The fourth-order valence-electron chi connectivity index (χ4n) is 8.23. The number of pyridine rings is 1. The minimum absolute atomic E-state index is 0.0294. The fourth-order valence-corrected chi connectivity index (χ4v) is 27.8. The molecular weight excluding hydrogens is 573 g/mol. The number of carbonyl (C=O) groups is 1. The summed E-state index contributed by atoms with van der Waals surface area (Å²) in [5.74, 6) is -0.0294. The van der Waals surface area contributed by atoms with Crippen LogP contribution in [0.25, 0.3) is 22.2 Å². The van der Waals surface area contributed by atoms with Crippen molar-refractivity contribution in [2.45, 2.75) is 108 Å². The SMILES string of the molecule is O=C([O][Sn]([CH]1CCCCC1)([CH]1CCCCC1)[CH]1CCCCC1)c1cc(-c2ccccc2)nc2ccccc12. The topological polar surface area (TPSA) is 39.2 Å². The van der Waals surface area contributed by atoms with E-state index in [-0.39, 0.29) is 5.97 Å². The molecule has 6 rings (SSSR count). The molecule has 0 amide bonds. The average molecular weight is 616 g/mol. The summed E-state index contributed by atoms with van der Waals surface area (Å²) in [7, 11) is 0. The zero-order chi connectivity index (χ0) is 25.8. The van der Waals surface area contributed by atoms with Gasteiger partial charge >= 0.3 is 234 Å². The number of hydrogen-bond donors (Lipinski definition) is 0. The first-order valence-corrected chi connectivity index (χ1v) is 21.5. The van der Waals surface area contributed by atoms with Crippen LogP contribution in [0.4, 0.5) is 0 Å². The van der Waals surface area contributed by atoms with Crippen LogP contribution < -0.4 is 0 Å². The normalized spacial score (nSPS) is 20.4. The summed E-state index contributed by atoms with van der Waals surface area (Å²) in [6.07, 6.45) is 19.9. The third-order valence-electron chi connectivity index (χ3n) is 10.0. The molecule has 4 heteroatoms. The summed E-state index contributed by atoms with van der Waals surface area (Å²) in [4.78, 5) is 19.6. The quantitative estimate of drug-likeness (QED) is 0.259. The zero-order valence-corrected chi connectivity index (χ0v) is 25.7. The summed E-state index contributed by atoms with van der Waals surface area (Å²) in [6, 6.07) is 20.5. The summed E-state index contributed by atoms with van der Waals surface area (Å²) in [5, 5.41) is 0.938. The number of aromatic nitrogens is 1. The van der Waals surface area contributed by atoms with Crippen LogP contribution >= 0.6 is 0 Å². The second-order valence-electron chi connectivity index (χ2n) is 12.2. The number of nitrogens with zero attached hydrogens (tertiary/aromatic N) is 1. The van der Waals surface area contributed by atoms with Gasteiger partial charge in [-0.05, 0) is 0 Å². The van der Waals surface area contributed by atoms with Gasteiger partial charge in [0, 0.05) is 0 Å². The van der Waals surface area contributed by atoms with Crippen molar-refractivity contribution < 1.29 is 7.87 Å². The van der Waals surface area contributed by atoms with Crippen molar-refractivity contribution in [3.05, 3.63) is 66.2 Å². The molecule has 3 aliphatic rings. The molecule has 0 bridgehead atoms. The van der Waals surface area contributed by atoms with E-state index in [1.165, 1.54) is 96.3 Å². The van der Waals surface area contributed by atoms with Crippen LogP contribution in [0.15, 0.2) is 60.7 Å². The molecule has 3 fully saturated rings. The van der Waals surface area contributed by atoms with Crippen LogP contribution in [0.3, 0.4) is 0 Å². The molecule has 0 atom stereocenters. The molecule has 1 heterocycles. The summed E-state index contributed by atoms with van der Waals surface area (Å²) >= 11 is -3.45. The molecular formula is C34H43NO2Sn. The Hall–Kier alpha value is -1.88. The van der Waals surface area contributed by atoms with Gasteiger partial charge in [0.2, 0.25) is 0 Å². The van der Waals surface area contributed by atoms with Crippen LogP contribution in [0, 0.1) is 0 Å². The van der Waals surface area contributed by atoms with Crippen molar-refractivity contribution in [2.75, 3.05) is 0 Å². The number of hydrogen-bond acceptors (Lipinski definition) is 3. The Morgan fingerprint density at radius 1 is 0.658 bits per heavy atom. The molecule has 0 N–H and O–H groups in total. The Morgan fingerprint density at radius 3 is 1.71 bits per heavy atom. The predicted octanol–water partition coefficient (Wildman–Crippen LogP) is 10.0. The molecule has 0 spiro atoms. The number of carbonyl (C=O) groups excluding carboxylic acids is 1. The molecule has 0 radical (unpaired) electrons. The molecule has 3 aliphatic carbocycles. The van der Waals surface area contributed by atoms with Gasteiger partial charge in [-0.1, -0.05) is 0 Å². The Kier molecular flexibility index (Phi) is 8.39. The molecule has 200 valence electrons. The standard InChI is InChI=1S/C16H11NO2.3C6H11.Sn/c18-16(19)13-10-15(11-6-2-1-3-7-11)17-14-9-5-4-8-12(13)14;3*1-2-4-6-5-3-1;/h1-10H,(H,18,19);3*1H,2-6H2;/q;;;;+1/p-1. The average Bonchev–Trinajstić information content (AvgIpc) is 3.01. The monoisotopic (exact) mass is 617 g/mol. The maximum atomic E-state index is 14.6. The van der Waals surface area contributed by atoms with Crippen LogP contribution in [-0.4, -0.2) is 29.7 Å². The van der Waals surface area contributed by atoms with Crippen molar-refractivity contribution in [1.29, 1.82) is 0 Å². The van der Waals surface area contributed by atoms with E-state index in [0.717, 1.165) is 27.7 Å². The van der Waals surface area contributed by atoms with E-state index in [4.69, 9.17) is 8.06 Å². The van der Waals surface area contributed by atoms with E-state index >= 15 is 0 Å². The fraction of sp³-hybridized carbons (Fsp3) is 0.529. The summed E-state index contributed by atoms with van der Waals surface area (Å²) in [5.41, 5.74) is 3.53. The third-order valence-corrected chi connectivity index (χ3v) is 27.4. The van der Waals surface area contributed by atoms with E-state index in [2.05, 4.69) is 18.2 Å². The van der Waals surface area contributed by atoms with Crippen molar-refractivity contribution in [2.24, 2.45) is 0 Å². The zero-order valence-electron chi connectivity index (χ0n) is 22.9. The van der Waals surface area contributed by atoms with E-state index in [1.807, 2.05) is 42.5 Å². The minimum atomic E-state index is -3.45. The molecule has 1 aromatic heterocycles. The van der Waals surface area contributed by atoms with Crippen LogP contribution in [-0.2, 0) is 3.07 Å². The van der Waals surface area contributed by atoms with E-state index in [1.54, 1.807) is 0 Å². The van der Waals surface area contributed by atoms with Crippen molar-refractivity contribution >= 4 is 35.7 Å². The Balaban J connectivity index is 1.45. The van der Waals surface area contributed by atoms with Gasteiger partial charge in [0.25, 0.3) is 0 Å². The molecule has 0 aliphatic heterocycles. The molecule has 0 unspecified atom stereocenters. The van der Waals surface area contributed by atoms with Crippen molar-refractivity contribution in [3.8, 4) is 11.3 Å². The van der Waals surface area contributed by atoms with Crippen molar-refractivity contribution in [3.63, 3.8) is 0 Å². The van der Waals surface area contributed by atoms with Gasteiger partial charge in [-0.2, -0.15) is 0 Å². The number of para-hydroxylation sites is 1. The molecule has 3 nitrogen and oxygen atoms in total. The predicted molar refractivity (Wildman–Crippen MR) is 159 cm³/mol. The molecule has 0 saturated heterocycles. The van der Waals surface area contributed by atoms with Gasteiger partial charge in [0.15, 0.2) is 0 Å². The molecule has 2 aromatic carbocycles. The van der Waals surface area contributed by atoms with Crippen LogP contribution in [0.1, 0.15) is 107 Å². The summed E-state index contributed by atoms with van der Waals surface area (Å²) < 4.78 is 9.50. The van der Waals surface area contributed by atoms with Gasteiger partial charge in [0.05, 0.1) is 0 Å². The number of rotatable bonds is 6. The Morgan fingerprint density at radius 2 is 1.16 bits per heavy atom. The first-order chi connectivity index (χ1) is 18.8. The summed E-state index contributed by atoms with van der Waals surface area (Å²) in [6.45, 7) is 0. The van der Waals surface area contributed by atoms with Gasteiger partial charge in [0.1, 0.15) is 0 Å². The van der Waals surface area contributed by atoms with Crippen LogP contribution in [0.2, 0.25) is 11.8 Å². The number of benzene rings is 2. The maximum absolute atomic E-state index is 14.6. The first kappa shape index (κ1) is 26.3. The Labute approximate surface area is 233 Å². The second-order valence-corrected chi connectivity index (χ2v) is 24.6. The third kappa shape index (κ3) is 5.29. The first-order valence-electron chi connectivity index (χ1n) is 15.4. The van der Waals surface area contributed by atoms with Gasteiger partial charge in [-0.3, -0.25) is 0 Å². The van der Waals surface area contributed by atoms with Gasteiger partial charge in [-0.15, -0.1) is 0 Å². The van der Waals surface area contributed by atoms with E-state index in [0.29, 0.717) is 11.8 Å². The molecule has 38 heavy (non-hydrogen) atoms. The molecule has 3 aromatic rings. The Bertz CT molecular complexity index is 1180. The second kappa shape index (κ2) is 12.1. The van der Waals surface area contributed by atoms with E-state index < -0.39 is 18.8 Å². The van der Waals surface area contributed by atoms with Crippen LogP contribution in [0.5, 0.6) is 0 Å². The number of fused-ring (bicyclic) bond motifs is 1. The van der Waals surface area contributed by atoms with E-state index in [9.17, 15) is 4.79 Å². The van der Waals surface area contributed by atoms with Crippen molar-refractivity contribution in [1.82, 2.24) is 4.98 Å². The van der Waals surface area contributed by atoms with Gasteiger partial charge < -0.3 is 0 Å².